The fourth-order valence-electron chi connectivity index (χ4n) is 2.50. The Morgan fingerprint density at radius 3 is 2.33 bits per heavy atom. The van der Waals surface area contributed by atoms with Crippen molar-refractivity contribution in [2.24, 2.45) is 5.92 Å². The Morgan fingerprint density at radius 1 is 1.07 bits per heavy atom. The molecule has 27 heavy (non-hydrogen) atoms. The highest BCUT2D eigenvalue weighted by Crippen LogP contribution is 2.22. The lowest BCUT2D eigenvalue weighted by Crippen LogP contribution is -2.34. The minimum atomic E-state index is -1.21. The molecule has 0 aliphatic carbocycles. The molecular formula is C20H21ClN2O4. The second-order valence-corrected chi connectivity index (χ2v) is 6.90. The summed E-state index contributed by atoms with van der Waals surface area (Å²) in [5.41, 5.74) is 0.943. The van der Waals surface area contributed by atoms with Gasteiger partial charge in [-0.05, 0) is 29.7 Å². The van der Waals surface area contributed by atoms with Gasteiger partial charge in [-0.25, -0.2) is 4.79 Å². The second kappa shape index (κ2) is 9.19. The molecule has 0 fully saturated rings. The Labute approximate surface area is 162 Å². The van der Waals surface area contributed by atoms with Crippen LogP contribution in [0.5, 0.6) is 0 Å². The predicted octanol–water partition coefficient (Wildman–Crippen LogP) is 3.88. The Morgan fingerprint density at radius 2 is 1.74 bits per heavy atom. The third kappa shape index (κ3) is 5.82. The van der Waals surface area contributed by atoms with Crippen LogP contribution < -0.4 is 10.6 Å². The van der Waals surface area contributed by atoms with Crippen molar-refractivity contribution in [3.8, 4) is 0 Å². The molecule has 0 aromatic heterocycles. The third-order valence-electron chi connectivity index (χ3n) is 3.74. The molecule has 0 radical (unpaired) electrons. The normalized spacial score (nSPS) is 11.7. The number of carboxylic acid groups (broad SMARTS) is 1. The number of carbonyl (C=O) groups excluding carboxylic acids is 2. The molecule has 7 heteroatoms. The molecule has 0 saturated heterocycles. The van der Waals surface area contributed by atoms with Crippen LogP contribution in [0.1, 0.15) is 42.2 Å². The number of rotatable bonds is 7. The van der Waals surface area contributed by atoms with Crippen molar-refractivity contribution < 1.29 is 19.5 Å². The van der Waals surface area contributed by atoms with Crippen molar-refractivity contribution in [2.75, 3.05) is 5.32 Å². The molecular weight excluding hydrogens is 368 g/mol. The van der Waals surface area contributed by atoms with Crippen LogP contribution in [0.4, 0.5) is 5.69 Å². The van der Waals surface area contributed by atoms with E-state index >= 15 is 0 Å². The maximum atomic E-state index is 12.6. The fourth-order valence-corrected chi connectivity index (χ4v) is 2.71. The molecule has 2 aromatic carbocycles. The van der Waals surface area contributed by atoms with Crippen LogP contribution in [0.25, 0.3) is 0 Å². The topological polar surface area (TPSA) is 95.5 Å². The number of aliphatic carboxylic acids is 1. The quantitative estimate of drug-likeness (QED) is 0.670. The monoisotopic (exact) mass is 388 g/mol. The summed E-state index contributed by atoms with van der Waals surface area (Å²) in [7, 11) is 0. The maximum absolute atomic E-state index is 12.6. The number of anilines is 1. The highest BCUT2D eigenvalue weighted by atomic mass is 35.5. The van der Waals surface area contributed by atoms with E-state index in [1.165, 1.54) is 12.1 Å². The number of benzene rings is 2. The molecule has 2 aromatic rings. The molecule has 0 heterocycles. The van der Waals surface area contributed by atoms with Crippen LogP contribution in [-0.2, 0) is 9.59 Å². The first-order valence-corrected chi connectivity index (χ1v) is 8.83. The van der Waals surface area contributed by atoms with Crippen LogP contribution >= 0.6 is 11.6 Å². The molecule has 2 rings (SSSR count). The van der Waals surface area contributed by atoms with E-state index in [-0.39, 0.29) is 22.4 Å². The zero-order chi connectivity index (χ0) is 20.0. The van der Waals surface area contributed by atoms with E-state index in [1.54, 1.807) is 36.4 Å². The molecule has 3 N–H and O–H groups in total. The Kier molecular flexibility index (Phi) is 6.96. The van der Waals surface area contributed by atoms with E-state index in [9.17, 15) is 19.5 Å². The summed E-state index contributed by atoms with van der Waals surface area (Å²) in [5, 5.41) is 14.8. The van der Waals surface area contributed by atoms with Crippen LogP contribution in [0, 0.1) is 5.92 Å². The molecule has 0 bridgehead atoms. The molecule has 0 aliphatic heterocycles. The highest BCUT2D eigenvalue weighted by molar-refractivity contribution is 6.34. The number of nitrogens with one attached hydrogen (secondary N) is 2. The van der Waals surface area contributed by atoms with E-state index in [1.807, 2.05) is 13.8 Å². The van der Waals surface area contributed by atoms with Gasteiger partial charge in [0.25, 0.3) is 5.91 Å². The van der Waals surface area contributed by atoms with E-state index < -0.39 is 17.9 Å². The van der Waals surface area contributed by atoms with E-state index in [2.05, 4.69) is 10.6 Å². The lowest BCUT2D eigenvalue weighted by molar-refractivity contribution is -0.139. The second-order valence-electron chi connectivity index (χ2n) is 6.50. The van der Waals surface area contributed by atoms with Gasteiger partial charge in [0, 0.05) is 12.1 Å². The van der Waals surface area contributed by atoms with Crippen molar-refractivity contribution in [3.05, 3.63) is 64.7 Å². The first-order chi connectivity index (χ1) is 12.8. The third-order valence-corrected chi connectivity index (χ3v) is 4.07. The van der Waals surface area contributed by atoms with Gasteiger partial charge in [0.2, 0.25) is 5.91 Å². The number of halogens is 1. The smallest absolute Gasteiger partial charge is 0.330 e. The summed E-state index contributed by atoms with van der Waals surface area (Å²) in [5.74, 6) is -1.81. The van der Waals surface area contributed by atoms with Gasteiger partial charge in [0.1, 0.15) is 0 Å². The molecule has 0 spiro atoms. The highest BCUT2D eigenvalue weighted by Gasteiger charge is 2.23. The Hall–Kier alpha value is -2.86. The van der Waals surface area contributed by atoms with Crippen LogP contribution in [0.3, 0.4) is 0 Å². The van der Waals surface area contributed by atoms with Gasteiger partial charge >= 0.3 is 5.97 Å². The standard InChI is InChI=1S/C20H21ClN2O4/c1-12(2)10-17(24)22-14-8-9-16(21)15(11-14)19(25)23-18(20(26)27)13-6-4-3-5-7-13/h3-9,11-12,18H,10H2,1-2H3,(H,22,24)(H,23,25)(H,26,27)/t18-/m1/s1. The summed E-state index contributed by atoms with van der Waals surface area (Å²) in [6.45, 7) is 3.85. The zero-order valence-electron chi connectivity index (χ0n) is 15.0. The van der Waals surface area contributed by atoms with E-state index in [0.717, 1.165) is 0 Å². The summed E-state index contributed by atoms with van der Waals surface area (Å²) in [6.07, 6.45) is 0.346. The lowest BCUT2D eigenvalue weighted by Gasteiger charge is -2.16. The molecule has 142 valence electrons. The van der Waals surface area contributed by atoms with Crippen molar-refractivity contribution in [2.45, 2.75) is 26.3 Å². The number of carboxylic acids is 1. The average molecular weight is 389 g/mol. The van der Waals surface area contributed by atoms with Gasteiger partial charge in [0.15, 0.2) is 6.04 Å². The fraction of sp³-hybridized carbons (Fsp3) is 0.250. The van der Waals surface area contributed by atoms with Crippen molar-refractivity contribution in [3.63, 3.8) is 0 Å². The summed E-state index contributed by atoms with van der Waals surface area (Å²) in [6, 6.07) is 11.7. The molecule has 1 atom stereocenters. The minimum absolute atomic E-state index is 0.0844. The first kappa shape index (κ1) is 20.5. The number of hydrogen-bond donors (Lipinski definition) is 3. The Bertz CT molecular complexity index is 837. The van der Waals surface area contributed by atoms with Crippen LogP contribution in [-0.4, -0.2) is 22.9 Å². The van der Waals surface area contributed by atoms with Gasteiger partial charge in [-0.15, -0.1) is 0 Å². The van der Waals surface area contributed by atoms with Gasteiger partial charge in [0.05, 0.1) is 10.6 Å². The molecule has 2 amide bonds. The Balaban J connectivity index is 2.20. The van der Waals surface area contributed by atoms with Crippen molar-refractivity contribution >= 4 is 35.1 Å². The summed E-state index contributed by atoms with van der Waals surface area (Å²) < 4.78 is 0. The molecule has 6 nitrogen and oxygen atoms in total. The maximum Gasteiger partial charge on any atom is 0.330 e. The molecule has 0 unspecified atom stereocenters. The first-order valence-electron chi connectivity index (χ1n) is 8.46. The van der Waals surface area contributed by atoms with Crippen molar-refractivity contribution in [1.29, 1.82) is 0 Å². The zero-order valence-corrected chi connectivity index (χ0v) is 15.8. The van der Waals surface area contributed by atoms with Crippen LogP contribution in [0.15, 0.2) is 48.5 Å². The number of carbonyl (C=O) groups is 3. The SMILES string of the molecule is CC(C)CC(=O)Nc1ccc(Cl)c(C(=O)N[C@@H](C(=O)O)c2ccccc2)c1. The van der Waals surface area contributed by atoms with E-state index in [0.29, 0.717) is 17.7 Å². The molecule has 0 aliphatic rings. The number of hydrogen-bond acceptors (Lipinski definition) is 3. The van der Waals surface area contributed by atoms with Crippen molar-refractivity contribution in [1.82, 2.24) is 5.32 Å². The van der Waals surface area contributed by atoms with E-state index in [4.69, 9.17) is 11.6 Å². The predicted molar refractivity (Wildman–Crippen MR) is 104 cm³/mol. The average Bonchev–Trinajstić information content (AvgIpc) is 2.60. The molecule has 0 saturated carbocycles. The van der Waals surface area contributed by atoms with Crippen LogP contribution in [0.2, 0.25) is 5.02 Å². The van der Waals surface area contributed by atoms with Gasteiger partial charge in [-0.3, -0.25) is 9.59 Å². The lowest BCUT2D eigenvalue weighted by atomic mass is 10.1. The summed E-state index contributed by atoms with van der Waals surface area (Å²) in [4.78, 5) is 36.1. The minimum Gasteiger partial charge on any atom is -0.479 e. The number of amides is 2. The van der Waals surface area contributed by atoms with Gasteiger partial charge < -0.3 is 15.7 Å². The largest absolute Gasteiger partial charge is 0.479 e. The summed E-state index contributed by atoms with van der Waals surface area (Å²) >= 11 is 6.10. The van der Waals surface area contributed by atoms with Gasteiger partial charge in [-0.1, -0.05) is 55.8 Å². The van der Waals surface area contributed by atoms with Gasteiger partial charge in [-0.2, -0.15) is 0 Å².